The normalized spacial score (nSPS) is 21.1. The maximum Gasteiger partial charge on any atom is 0.338 e. The average molecular weight is 388 g/mol. The average Bonchev–Trinajstić information content (AvgIpc) is 2.69. The van der Waals surface area contributed by atoms with Crippen molar-refractivity contribution in [1.82, 2.24) is 20.4 Å². The second-order valence-corrected chi connectivity index (χ2v) is 6.97. The molecular weight excluding hydrogens is 360 g/mol. The van der Waals surface area contributed by atoms with Crippen LogP contribution in [0, 0.1) is 0 Å². The van der Waals surface area contributed by atoms with E-state index in [1.807, 2.05) is 31.2 Å². The van der Waals surface area contributed by atoms with E-state index in [4.69, 9.17) is 9.47 Å². The summed E-state index contributed by atoms with van der Waals surface area (Å²) in [6.07, 6.45) is 0. The molecule has 1 saturated heterocycles. The number of rotatable bonds is 6. The molecule has 8 nitrogen and oxygen atoms in total. The van der Waals surface area contributed by atoms with Gasteiger partial charge in [-0.2, -0.15) is 0 Å². The minimum absolute atomic E-state index is 0.340. The van der Waals surface area contributed by atoms with Crippen molar-refractivity contribution in [3.63, 3.8) is 0 Å². The van der Waals surface area contributed by atoms with Crippen LogP contribution in [0.1, 0.15) is 18.5 Å². The molecule has 152 valence electrons. The highest BCUT2D eigenvalue weighted by Crippen LogP contribution is 2.33. The van der Waals surface area contributed by atoms with Crippen molar-refractivity contribution < 1.29 is 19.1 Å². The minimum Gasteiger partial charge on any atom is -0.494 e. The molecule has 1 atom stereocenters. The van der Waals surface area contributed by atoms with Crippen molar-refractivity contribution in [2.24, 2.45) is 0 Å². The van der Waals surface area contributed by atoms with Crippen LogP contribution in [0.15, 0.2) is 35.5 Å². The van der Waals surface area contributed by atoms with Crippen LogP contribution in [0.25, 0.3) is 0 Å². The minimum atomic E-state index is -0.633. The van der Waals surface area contributed by atoms with Crippen LogP contribution in [-0.4, -0.2) is 75.3 Å². The lowest BCUT2D eigenvalue weighted by Gasteiger charge is -2.35. The van der Waals surface area contributed by atoms with E-state index in [1.54, 1.807) is 0 Å². The molecule has 0 saturated carbocycles. The van der Waals surface area contributed by atoms with Gasteiger partial charge in [0.1, 0.15) is 5.75 Å². The van der Waals surface area contributed by atoms with Crippen molar-refractivity contribution in [2.45, 2.75) is 13.0 Å². The van der Waals surface area contributed by atoms with Gasteiger partial charge in [-0.3, -0.25) is 4.90 Å². The zero-order chi connectivity index (χ0) is 20.1. The molecule has 3 rings (SSSR count). The van der Waals surface area contributed by atoms with E-state index < -0.39 is 12.0 Å². The Hall–Kier alpha value is -2.58. The number of carbonyl (C=O) groups excluding carboxylic acids is 2. The molecule has 2 N–H and O–H groups in total. The second kappa shape index (κ2) is 9.07. The summed E-state index contributed by atoms with van der Waals surface area (Å²) in [7, 11) is 3.44. The Morgan fingerprint density at radius 2 is 1.93 bits per heavy atom. The second-order valence-electron chi connectivity index (χ2n) is 6.97. The first-order chi connectivity index (χ1) is 13.5. The zero-order valence-corrected chi connectivity index (χ0v) is 16.7. The molecule has 1 aromatic rings. The maximum absolute atomic E-state index is 12.7. The van der Waals surface area contributed by atoms with E-state index in [0.717, 1.165) is 31.7 Å². The van der Waals surface area contributed by atoms with Crippen molar-refractivity contribution in [3.8, 4) is 5.75 Å². The van der Waals surface area contributed by atoms with E-state index >= 15 is 0 Å². The van der Waals surface area contributed by atoms with Gasteiger partial charge in [-0.05, 0) is 20.0 Å². The van der Waals surface area contributed by atoms with E-state index in [1.165, 1.54) is 7.11 Å². The van der Waals surface area contributed by atoms with E-state index in [0.29, 0.717) is 30.2 Å². The van der Waals surface area contributed by atoms with Crippen LogP contribution >= 0.6 is 0 Å². The molecule has 28 heavy (non-hydrogen) atoms. The molecule has 0 aliphatic carbocycles. The number of para-hydroxylation sites is 1. The molecule has 8 heteroatoms. The lowest BCUT2D eigenvalue weighted by Crippen LogP contribution is -2.51. The summed E-state index contributed by atoms with van der Waals surface area (Å²) in [5.41, 5.74) is 1.72. The monoisotopic (exact) mass is 388 g/mol. The van der Waals surface area contributed by atoms with E-state index in [-0.39, 0.29) is 6.03 Å². The molecular formula is C20H28N4O4. The highest BCUT2D eigenvalue weighted by molar-refractivity contribution is 5.95. The summed E-state index contributed by atoms with van der Waals surface area (Å²) in [5, 5.41) is 5.68. The topological polar surface area (TPSA) is 83.1 Å². The molecule has 0 radical (unpaired) electrons. The molecule has 2 aliphatic rings. The van der Waals surface area contributed by atoms with Gasteiger partial charge >= 0.3 is 12.0 Å². The van der Waals surface area contributed by atoms with Crippen LogP contribution in [0.2, 0.25) is 0 Å². The summed E-state index contributed by atoms with van der Waals surface area (Å²) in [6, 6.07) is 6.45. The van der Waals surface area contributed by atoms with E-state index in [9.17, 15) is 9.59 Å². The van der Waals surface area contributed by atoms with Crippen LogP contribution in [0.5, 0.6) is 5.75 Å². The molecule has 0 bridgehead atoms. The Morgan fingerprint density at radius 3 is 2.61 bits per heavy atom. The van der Waals surface area contributed by atoms with Crippen LogP contribution in [0.3, 0.4) is 0 Å². The molecule has 0 unspecified atom stereocenters. The third-order valence-corrected chi connectivity index (χ3v) is 5.07. The largest absolute Gasteiger partial charge is 0.494 e. The highest BCUT2D eigenvalue weighted by Gasteiger charge is 2.35. The summed E-state index contributed by atoms with van der Waals surface area (Å²) in [6.45, 7) is 6.51. The Labute approximate surface area is 165 Å². The molecule has 0 aromatic heterocycles. The zero-order valence-electron chi connectivity index (χ0n) is 16.7. The van der Waals surface area contributed by atoms with Gasteiger partial charge in [0.25, 0.3) is 0 Å². The number of piperazine rings is 1. The predicted molar refractivity (Wildman–Crippen MR) is 105 cm³/mol. The van der Waals surface area contributed by atoms with Gasteiger partial charge in [0.2, 0.25) is 0 Å². The number of likely N-dealkylation sites (N-methyl/N-ethyl adjacent to an activating group) is 1. The Balaban J connectivity index is 1.98. The van der Waals surface area contributed by atoms with Gasteiger partial charge in [0.15, 0.2) is 0 Å². The SMILES string of the molecule is CCOc1ccccc1[C@H]1NC(=O)NC(CN2CCN(C)CC2)=C1C(=O)OC. The van der Waals surface area contributed by atoms with Crippen LogP contribution in [-0.2, 0) is 9.53 Å². The number of ether oxygens (including phenoxy) is 2. The first kappa shape index (κ1) is 20.2. The predicted octanol–water partition coefficient (Wildman–Crippen LogP) is 1.11. The number of urea groups is 1. The van der Waals surface area contributed by atoms with E-state index in [2.05, 4.69) is 27.5 Å². The van der Waals surface area contributed by atoms with Gasteiger partial charge in [0.05, 0.1) is 25.3 Å². The van der Waals surface area contributed by atoms with Crippen molar-refractivity contribution in [2.75, 3.05) is 53.5 Å². The molecule has 2 aliphatic heterocycles. The first-order valence-corrected chi connectivity index (χ1v) is 9.55. The quantitative estimate of drug-likeness (QED) is 0.711. The maximum atomic E-state index is 12.7. The van der Waals surface area contributed by atoms with Crippen LogP contribution in [0.4, 0.5) is 4.79 Å². The molecule has 0 spiro atoms. The number of hydrogen-bond acceptors (Lipinski definition) is 6. The Kier molecular flexibility index (Phi) is 6.53. The fraction of sp³-hybridized carbons (Fsp3) is 0.500. The van der Waals surface area contributed by atoms with Gasteiger partial charge in [-0.1, -0.05) is 18.2 Å². The number of methoxy groups -OCH3 is 1. The number of benzene rings is 1. The third-order valence-electron chi connectivity index (χ3n) is 5.07. The molecule has 1 aromatic carbocycles. The van der Waals surface area contributed by atoms with Gasteiger partial charge in [0, 0.05) is 44.0 Å². The highest BCUT2D eigenvalue weighted by atomic mass is 16.5. The summed E-state index contributed by atoms with van der Waals surface area (Å²) < 4.78 is 10.8. The summed E-state index contributed by atoms with van der Waals surface area (Å²) >= 11 is 0. The first-order valence-electron chi connectivity index (χ1n) is 9.55. The Bertz CT molecular complexity index is 756. The summed E-state index contributed by atoms with van der Waals surface area (Å²) in [4.78, 5) is 29.6. The fourth-order valence-electron chi connectivity index (χ4n) is 3.56. The van der Waals surface area contributed by atoms with Gasteiger partial charge in [-0.25, -0.2) is 9.59 Å². The van der Waals surface area contributed by atoms with Crippen molar-refractivity contribution in [1.29, 1.82) is 0 Å². The molecule has 2 amide bonds. The van der Waals surface area contributed by atoms with Crippen molar-refractivity contribution in [3.05, 3.63) is 41.1 Å². The lowest BCUT2D eigenvalue weighted by atomic mass is 9.94. The summed E-state index contributed by atoms with van der Waals surface area (Å²) in [5.74, 6) is 0.172. The smallest absolute Gasteiger partial charge is 0.338 e. The number of amides is 2. The number of nitrogens with one attached hydrogen (secondary N) is 2. The van der Waals surface area contributed by atoms with Gasteiger partial charge < -0.3 is 25.0 Å². The number of hydrogen-bond donors (Lipinski definition) is 2. The lowest BCUT2D eigenvalue weighted by molar-refractivity contribution is -0.136. The standard InChI is InChI=1S/C20H28N4O4/c1-4-28-16-8-6-5-7-14(16)18-17(19(25)27-3)15(21-20(26)22-18)13-24-11-9-23(2)10-12-24/h5-8,18H,4,9-13H2,1-3H3,(H2,21,22,26)/t18-/m1/s1. The number of esters is 1. The van der Waals surface area contributed by atoms with Gasteiger partial charge in [-0.15, -0.1) is 0 Å². The third kappa shape index (κ3) is 4.45. The Morgan fingerprint density at radius 1 is 1.21 bits per heavy atom. The number of nitrogens with zero attached hydrogens (tertiary/aromatic N) is 2. The fourth-order valence-corrected chi connectivity index (χ4v) is 3.56. The number of carbonyl (C=O) groups is 2. The van der Waals surface area contributed by atoms with Crippen molar-refractivity contribution >= 4 is 12.0 Å². The van der Waals surface area contributed by atoms with Crippen LogP contribution < -0.4 is 15.4 Å². The molecule has 2 heterocycles. The molecule has 1 fully saturated rings.